The van der Waals surface area contributed by atoms with Crippen LogP contribution in [0, 0.1) is 11.8 Å². The van der Waals surface area contributed by atoms with E-state index < -0.39 is 0 Å². The lowest BCUT2D eigenvalue weighted by molar-refractivity contribution is 0.227. The smallest absolute Gasteiger partial charge is 0.0690 e. The average Bonchev–Trinajstić information content (AvgIpc) is 3.03. The lowest BCUT2D eigenvalue weighted by Crippen LogP contribution is -2.39. The lowest BCUT2D eigenvalue weighted by Gasteiger charge is -2.33. The molecule has 3 nitrogen and oxygen atoms in total. The van der Waals surface area contributed by atoms with Gasteiger partial charge in [0.15, 0.2) is 0 Å². The van der Waals surface area contributed by atoms with Gasteiger partial charge < -0.3 is 5.32 Å². The Balaban J connectivity index is 1.71. The van der Waals surface area contributed by atoms with E-state index in [2.05, 4.69) is 48.5 Å². The van der Waals surface area contributed by atoms with Crippen LogP contribution < -0.4 is 5.32 Å². The van der Waals surface area contributed by atoms with Gasteiger partial charge in [-0.1, -0.05) is 38.5 Å². The van der Waals surface area contributed by atoms with E-state index in [4.69, 9.17) is 0 Å². The monoisotopic (exact) mass is 283 g/mol. The zero-order valence-corrected chi connectivity index (χ0v) is 13.0. The Morgan fingerprint density at radius 3 is 2.86 bits per heavy atom. The highest BCUT2D eigenvalue weighted by atomic mass is 15.3. The molecular formula is C18H25N3. The van der Waals surface area contributed by atoms with Crippen LogP contribution in [0.5, 0.6) is 0 Å². The summed E-state index contributed by atoms with van der Waals surface area (Å²) in [4.78, 5) is 0. The highest BCUT2D eigenvalue weighted by Gasteiger charge is 2.25. The van der Waals surface area contributed by atoms with Crippen molar-refractivity contribution in [1.82, 2.24) is 15.1 Å². The standard InChI is InChI=1S/C18H25N3/c1-14-8-9-15(2)17(12-14)19-13-16-6-3-4-7-18(16)21-11-5-10-20-21/h3-7,10-11,14-15,17,19H,8-9,12-13H2,1-2H3. The van der Waals surface area contributed by atoms with Crippen LogP contribution in [-0.4, -0.2) is 15.8 Å². The molecule has 3 heteroatoms. The van der Waals surface area contributed by atoms with Gasteiger partial charge in [-0.25, -0.2) is 4.68 Å². The predicted molar refractivity (Wildman–Crippen MR) is 86.4 cm³/mol. The minimum Gasteiger partial charge on any atom is -0.310 e. The summed E-state index contributed by atoms with van der Waals surface area (Å²) in [5, 5.41) is 8.14. The summed E-state index contributed by atoms with van der Waals surface area (Å²) in [6.45, 7) is 5.67. The molecule has 21 heavy (non-hydrogen) atoms. The molecule has 1 aromatic carbocycles. The molecule has 0 aliphatic heterocycles. The summed E-state index contributed by atoms with van der Waals surface area (Å²) in [6, 6.07) is 11.1. The molecule has 3 atom stereocenters. The molecule has 1 aromatic heterocycles. The van der Waals surface area contributed by atoms with Gasteiger partial charge in [-0.05, 0) is 42.4 Å². The quantitative estimate of drug-likeness (QED) is 0.925. The highest BCUT2D eigenvalue weighted by Crippen LogP contribution is 2.28. The molecule has 3 rings (SSSR count). The number of nitrogens with one attached hydrogen (secondary N) is 1. The van der Waals surface area contributed by atoms with Crippen LogP contribution >= 0.6 is 0 Å². The molecule has 1 aliphatic rings. The van der Waals surface area contributed by atoms with Gasteiger partial charge in [-0.2, -0.15) is 5.10 Å². The average molecular weight is 283 g/mol. The first-order valence-electron chi connectivity index (χ1n) is 8.05. The second-order valence-corrected chi connectivity index (χ2v) is 6.46. The Labute approximate surface area is 127 Å². The molecule has 1 N–H and O–H groups in total. The molecule has 112 valence electrons. The molecule has 1 heterocycles. The molecular weight excluding hydrogens is 258 g/mol. The maximum absolute atomic E-state index is 4.36. The Morgan fingerprint density at radius 2 is 2.05 bits per heavy atom. The third kappa shape index (κ3) is 3.35. The fraction of sp³-hybridized carbons (Fsp3) is 0.500. The van der Waals surface area contributed by atoms with Crippen molar-refractivity contribution in [3.8, 4) is 5.69 Å². The number of aromatic nitrogens is 2. The Hall–Kier alpha value is -1.61. The van der Waals surface area contributed by atoms with E-state index in [1.165, 1.54) is 30.5 Å². The van der Waals surface area contributed by atoms with Crippen LogP contribution in [0.1, 0.15) is 38.7 Å². The predicted octanol–water partition coefficient (Wildman–Crippen LogP) is 3.79. The zero-order valence-electron chi connectivity index (χ0n) is 13.0. The van der Waals surface area contributed by atoms with E-state index in [1.807, 2.05) is 23.1 Å². The summed E-state index contributed by atoms with van der Waals surface area (Å²) in [5.74, 6) is 1.62. The summed E-state index contributed by atoms with van der Waals surface area (Å²) in [7, 11) is 0. The molecule has 0 spiro atoms. The molecule has 1 fully saturated rings. The van der Waals surface area contributed by atoms with Crippen LogP contribution in [0.15, 0.2) is 42.7 Å². The topological polar surface area (TPSA) is 29.9 Å². The van der Waals surface area contributed by atoms with Crippen molar-refractivity contribution in [2.75, 3.05) is 0 Å². The van der Waals surface area contributed by atoms with Crippen LogP contribution in [0.25, 0.3) is 5.69 Å². The van der Waals surface area contributed by atoms with Gasteiger partial charge in [0.05, 0.1) is 5.69 Å². The Morgan fingerprint density at radius 1 is 1.19 bits per heavy atom. The number of nitrogens with zero attached hydrogens (tertiary/aromatic N) is 2. The Bertz CT molecular complexity index is 562. The summed E-state index contributed by atoms with van der Waals surface area (Å²) < 4.78 is 1.95. The van der Waals surface area contributed by atoms with Crippen LogP contribution in [0.2, 0.25) is 0 Å². The lowest BCUT2D eigenvalue weighted by atomic mass is 9.80. The number of rotatable bonds is 4. The van der Waals surface area contributed by atoms with Crippen molar-refractivity contribution in [3.63, 3.8) is 0 Å². The van der Waals surface area contributed by atoms with Crippen LogP contribution in [0.4, 0.5) is 0 Å². The summed E-state index contributed by atoms with van der Waals surface area (Å²) >= 11 is 0. The minimum absolute atomic E-state index is 0.638. The van der Waals surface area contributed by atoms with Gasteiger partial charge in [0.1, 0.15) is 0 Å². The molecule has 1 saturated carbocycles. The number of benzene rings is 1. The third-order valence-electron chi connectivity index (χ3n) is 4.76. The minimum atomic E-state index is 0.638. The maximum atomic E-state index is 4.36. The van der Waals surface area contributed by atoms with E-state index in [0.29, 0.717) is 6.04 Å². The van der Waals surface area contributed by atoms with Gasteiger partial charge in [0.25, 0.3) is 0 Å². The second-order valence-electron chi connectivity index (χ2n) is 6.46. The largest absolute Gasteiger partial charge is 0.310 e. The third-order valence-corrected chi connectivity index (χ3v) is 4.76. The van der Waals surface area contributed by atoms with Crippen molar-refractivity contribution in [1.29, 1.82) is 0 Å². The van der Waals surface area contributed by atoms with Gasteiger partial charge in [0, 0.05) is 25.0 Å². The molecule has 0 bridgehead atoms. The molecule has 0 amide bonds. The van der Waals surface area contributed by atoms with Gasteiger partial charge in [-0.3, -0.25) is 0 Å². The Kier molecular flexibility index (Phi) is 4.39. The molecule has 1 aliphatic carbocycles. The van der Waals surface area contributed by atoms with E-state index in [9.17, 15) is 0 Å². The van der Waals surface area contributed by atoms with Crippen molar-refractivity contribution >= 4 is 0 Å². The molecule has 3 unspecified atom stereocenters. The van der Waals surface area contributed by atoms with Crippen LogP contribution in [0.3, 0.4) is 0 Å². The second kappa shape index (κ2) is 6.44. The van der Waals surface area contributed by atoms with E-state index >= 15 is 0 Å². The zero-order chi connectivity index (χ0) is 14.7. The summed E-state index contributed by atoms with van der Waals surface area (Å²) in [5.41, 5.74) is 2.48. The summed E-state index contributed by atoms with van der Waals surface area (Å²) in [6.07, 6.45) is 7.85. The first-order chi connectivity index (χ1) is 10.2. The van der Waals surface area contributed by atoms with Crippen molar-refractivity contribution in [2.24, 2.45) is 11.8 Å². The normalized spacial score (nSPS) is 25.9. The van der Waals surface area contributed by atoms with Crippen molar-refractivity contribution in [2.45, 2.75) is 45.7 Å². The number of para-hydroxylation sites is 1. The molecule has 2 aromatic rings. The van der Waals surface area contributed by atoms with Gasteiger partial charge >= 0.3 is 0 Å². The number of hydrogen-bond acceptors (Lipinski definition) is 2. The van der Waals surface area contributed by atoms with E-state index in [-0.39, 0.29) is 0 Å². The van der Waals surface area contributed by atoms with Gasteiger partial charge in [-0.15, -0.1) is 0 Å². The van der Waals surface area contributed by atoms with Gasteiger partial charge in [0.2, 0.25) is 0 Å². The number of hydrogen-bond donors (Lipinski definition) is 1. The van der Waals surface area contributed by atoms with Crippen LogP contribution in [-0.2, 0) is 6.54 Å². The fourth-order valence-electron chi connectivity index (χ4n) is 3.35. The highest BCUT2D eigenvalue weighted by molar-refractivity contribution is 5.40. The molecule has 0 radical (unpaired) electrons. The molecule has 0 saturated heterocycles. The van der Waals surface area contributed by atoms with E-state index in [1.54, 1.807) is 0 Å². The first-order valence-corrected chi connectivity index (χ1v) is 8.05. The van der Waals surface area contributed by atoms with Crippen molar-refractivity contribution in [3.05, 3.63) is 48.3 Å². The van der Waals surface area contributed by atoms with E-state index in [0.717, 1.165) is 18.4 Å². The maximum Gasteiger partial charge on any atom is 0.0690 e. The fourth-order valence-corrected chi connectivity index (χ4v) is 3.35. The van der Waals surface area contributed by atoms with Crippen molar-refractivity contribution < 1.29 is 0 Å². The first kappa shape index (κ1) is 14.3. The SMILES string of the molecule is CC1CCC(C)C(NCc2ccccc2-n2cccn2)C1.